The van der Waals surface area contributed by atoms with Crippen LogP contribution in [0.15, 0.2) is 164 Å². The van der Waals surface area contributed by atoms with Gasteiger partial charge >= 0.3 is 0 Å². The Labute approximate surface area is 270 Å². The van der Waals surface area contributed by atoms with Crippen molar-refractivity contribution in [1.29, 1.82) is 0 Å². The zero-order valence-corrected chi connectivity index (χ0v) is 26.0. The fourth-order valence-electron chi connectivity index (χ4n) is 7.73. The summed E-state index contributed by atoms with van der Waals surface area (Å²) >= 11 is 0. The van der Waals surface area contributed by atoms with E-state index in [0.717, 1.165) is 11.4 Å². The van der Waals surface area contributed by atoms with Gasteiger partial charge in [-0.1, -0.05) is 147 Å². The molecule has 8 aromatic rings. The number of benzene rings is 8. The summed E-state index contributed by atoms with van der Waals surface area (Å²) in [5.41, 5.74) is 11.3. The van der Waals surface area contributed by atoms with Gasteiger partial charge in [-0.15, -0.1) is 0 Å². The van der Waals surface area contributed by atoms with Gasteiger partial charge < -0.3 is 4.90 Å². The molecule has 9 rings (SSSR count). The Morgan fingerprint density at radius 3 is 1.83 bits per heavy atom. The van der Waals surface area contributed by atoms with Crippen LogP contribution in [0.4, 0.5) is 17.1 Å². The first-order valence-corrected chi connectivity index (χ1v) is 16.1. The van der Waals surface area contributed by atoms with Crippen LogP contribution in [-0.4, -0.2) is 0 Å². The summed E-state index contributed by atoms with van der Waals surface area (Å²) in [6.45, 7) is 4.69. The first-order valence-electron chi connectivity index (χ1n) is 16.1. The standard InChI is InChI=1S/C45H33N/c1-45(2)42-19-11-10-17-38(42)41-28-34(25-27-43(41)45)46(33-23-20-31(21-24-33)30-12-4-3-5-13-30)44-29-40-35-15-7-6-14-32(35)22-26-37(40)36-16-8-9-18-39(36)44/h3-29H,1-2H3. The lowest BCUT2D eigenvalue weighted by molar-refractivity contribution is 0.660. The molecule has 0 saturated heterocycles. The third-order valence-corrected chi connectivity index (χ3v) is 10.0. The Kier molecular flexibility index (Phi) is 5.92. The van der Waals surface area contributed by atoms with Crippen LogP contribution in [0, 0.1) is 0 Å². The minimum absolute atomic E-state index is 0.0405. The minimum Gasteiger partial charge on any atom is -0.310 e. The fourth-order valence-corrected chi connectivity index (χ4v) is 7.73. The molecule has 1 aliphatic rings. The van der Waals surface area contributed by atoms with Crippen molar-refractivity contribution in [3.8, 4) is 22.3 Å². The molecule has 0 aromatic heterocycles. The first-order chi connectivity index (χ1) is 22.6. The van der Waals surface area contributed by atoms with Crippen molar-refractivity contribution in [3.05, 3.63) is 175 Å². The molecule has 0 N–H and O–H groups in total. The van der Waals surface area contributed by atoms with Gasteiger partial charge in [0.1, 0.15) is 0 Å². The molecule has 1 nitrogen and oxygen atoms in total. The van der Waals surface area contributed by atoms with E-state index in [1.807, 2.05) is 0 Å². The lowest BCUT2D eigenvalue weighted by atomic mass is 9.82. The molecule has 1 heteroatoms. The third-order valence-electron chi connectivity index (χ3n) is 10.0. The molecule has 0 heterocycles. The van der Waals surface area contributed by atoms with Gasteiger partial charge in [-0.05, 0) is 90.6 Å². The van der Waals surface area contributed by atoms with Gasteiger partial charge in [-0.2, -0.15) is 0 Å². The Morgan fingerprint density at radius 1 is 0.391 bits per heavy atom. The number of hydrogen-bond donors (Lipinski definition) is 0. The van der Waals surface area contributed by atoms with Crippen molar-refractivity contribution in [2.24, 2.45) is 0 Å². The Hall–Kier alpha value is -5.66. The Balaban J connectivity index is 1.33. The van der Waals surface area contributed by atoms with Crippen molar-refractivity contribution in [2.45, 2.75) is 19.3 Å². The Morgan fingerprint density at radius 2 is 1.00 bits per heavy atom. The summed E-state index contributed by atoms with van der Waals surface area (Å²) in [6, 6.07) is 60.2. The van der Waals surface area contributed by atoms with Crippen LogP contribution in [0.2, 0.25) is 0 Å². The van der Waals surface area contributed by atoms with E-state index in [1.54, 1.807) is 0 Å². The fraction of sp³-hybridized carbons (Fsp3) is 0.0667. The second-order valence-corrected chi connectivity index (χ2v) is 13.0. The number of anilines is 3. The molecular formula is C45H33N. The van der Waals surface area contributed by atoms with Gasteiger partial charge in [0.2, 0.25) is 0 Å². The van der Waals surface area contributed by atoms with Crippen LogP contribution in [0.3, 0.4) is 0 Å². The maximum atomic E-state index is 2.46. The summed E-state index contributed by atoms with van der Waals surface area (Å²) < 4.78 is 0. The van der Waals surface area contributed by atoms with Crippen LogP contribution < -0.4 is 4.90 Å². The van der Waals surface area contributed by atoms with Gasteiger partial charge in [0, 0.05) is 22.2 Å². The van der Waals surface area contributed by atoms with Gasteiger partial charge in [-0.25, -0.2) is 0 Å². The van der Waals surface area contributed by atoms with Gasteiger partial charge in [-0.3, -0.25) is 0 Å². The first kappa shape index (κ1) is 26.7. The topological polar surface area (TPSA) is 3.24 Å². The average Bonchev–Trinajstić information content (AvgIpc) is 3.34. The molecule has 218 valence electrons. The maximum absolute atomic E-state index is 2.46. The predicted octanol–water partition coefficient (Wildman–Crippen LogP) is 12.6. The maximum Gasteiger partial charge on any atom is 0.0546 e. The highest BCUT2D eigenvalue weighted by Gasteiger charge is 2.35. The molecule has 0 radical (unpaired) electrons. The second kappa shape index (κ2) is 10.2. The van der Waals surface area contributed by atoms with E-state index in [9.17, 15) is 0 Å². The van der Waals surface area contributed by atoms with Crippen LogP contribution in [0.25, 0.3) is 54.6 Å². The summed E-state index contributed by atoms with van der Waals surface area (Å²) in [5, 5.41) is 7.58. The van der Waals surface area contributed by atoms with Crippen LogP contribution >= 0.6 is 0 Å². The van der Waals surface area contributed by atoms with E-state index < -0.39 is 0 Å². The quantitative estimate of drug-likeness (QED) is 0.185. The number of hydrogen-bond acceptors (Lipinski definition) is 1. The van der Waals surface area contributed by atoms with Crippen LogP contribution in [0.1, 0.15) is 25.0 Å². The Bertz CT molecular complexity index is 2430. The van der Waals surface area contributed by atoms with Gasteiger partial charge in [0.15, 0.2) is 0 Å². The van der Waals surface area contributed by atoms with E-state index in [-0.39, 0.29) is 5.41 Å². The lowest BCUT2D eigenvalue weighted by Crippen LogP contribution is -2.15. The van der Waals surface area contributed by atoms with E-state index in [4.69, 9.17) is 0 Å². The van der Waals surface area contributed by atoms with Crippen molar-refractivity contribution in [2.75, 3.05) is 4.90 Å². The molecule has 0 bridgehead atoms. The van der Waals surface area contributed by atoms with Gasteiger partial charge in [0.25, 0.3) is 0 Å². The third kappa shape index (κ3) is 4.02. The van der Waals surface area contributed by atoms with Gasteiger partial charge in [0.05, 0.1) is 5.69 Å². The van der Waals surface area contributed by atoms with Crippen molar-refractivity contribution in [1.82, 2.24) is 0 Å². The molecule has 8 aromatic carbocycles. The van der Waals surface area contributed by atoms with Crippen molar-refractivity contribution in [3.63, 3.8) is 0 Å². The van der Waals surface area contributed by atoms with Crippen LogP contribution in [0.5, 0.6) is 0 Å². The zero-order valence-electron chi connectivity index (χ0n) is 26.0. The number of rotatable bonds is 4. The van der Waals surface area contributed by atoms with Crippen molar-refractivity contribution < 1.29 is 0 Å². The van der Waals surface area contributed by atoms with E-state index in [0.29, 0.717) is 0 Å². The molecule has 46 heavy (non-hydrogen) atoms. The highest BCUT2D eigenvalue weighted by Crippen LogP contribution is 2.51. The normalized spacial score (nSPS) is 13.2. The number of nitrogens with zero attached hydrogens (tertiary/aromatic N) is 1. The molecule has 0 aliphatic heterocycles. The van der Waals surface area contributed by atoms with Crippen LogP contribution in [-0.2, 0) is 5.41 Å². The zero-order chi connectivity index (χ0) is 30.8. The second-order valence-electron chi connectivity index (χ2n) is 13.0. The van der Waals surface area contributed by atoms with E-state index in [2.05, 4.69) is 183 Å². The highest BCUT2D eigenvalue weighted by atomic mass is 15.1. The molecule has 1 aliphatic carbocycles. The molecule has 0 fully saturated rings. The summed E-state index contributed by atoms with van der Waals surface area (Å²) in [4.78, 5) is 2.46. The summed E-state index contributed by atoms with van der Waals surface area (Å²) in [5.74, 6) is 0. The van der Waals surface area contributed by atoms with Crippen molar-refractivity contribution >= 4 is 49.4 Å². The molecule has 0 spiro atoms. The minimum atomic E-state index is -0.0405. The summed E-state index contributed by atoms with van der Waals surface area (Å²) in [6.07, 6.45) is 0. The monoisotopic (exact) mass is 587 g/mol. The molecular weight excluding hydrogens is 555 g/mol. The molecule has 0 saturated carbocycles. The van der Waals surface area contributed by atoms with E-state index >= 15 is 0 Å². The highest BCUT2D eigenvalue weighted by molar-refractivity contribution is 6.21. The summed E-state index contributed by atoms with van der Waals surface area (Å²) in [7, 11) is 0. The molecule has 0 atom stereocenters. The molecule has 0 unspecified atom stereocenters. The predicted molar refractivity (Wildman–Crippen MR) is 197 cm³/mol. The SMILES string of the molecule is CC1(C)c2ccccc2-c2cc(N(c3ccc(-c4ccccc4)cc3)c3cc4c5ccccc5ccc4c4ccccc34)ccc21. The molecule has 0 amide bonds. The van der Waals surface area contributed by atoms with E-state index in [1.165, 1.54) is 71.4 Å². The largest absolute Gasteiger partial charge is 0.310 e. The number of fused-ring (bicyclic) bond motifs is 8. The lowest BCUT2D eigenvalue weighted by Gasteiger charge is -2.29. The average molecular weight is 588 g/mol. The smallest absolute Gasteiger partial charge is 0.0546 e.